The first-order valence-electron chi connectivity index (χ1n) is 7.82. The Kier molecular flexibility index (Phi) is 4.28. The van der Waals surface area contributed by atoms with Crippen molar-refractivity contribution in [2.75, 3.05) is 23.3 Å². The van der Waals surface area contributed by atoms with Crippen molar-refractivity contribution in [2.45, 2.75) is 24.3 Å². The van der Waals surface area contributed by atoms with Crippen LogP contribution in [0.3, 0.4) is 0 Å². The first-order chi connectivity index (χ1) is 11.7. The van der Waals surface area contributed by atoms with Crippen LogP contribution < -0.4 is 9.21 Å². The van der Waals surface area contributed by atoms with Crippen molar-refractivity contribution < 1.29 is 17.6 Å². The van der Waals surface area contributed by atoms with Gasteiger partial charge in [-0.25, -0.2) is 12.8 Å². The number of Topliss-reactive ketones (excluding diaryl/α,β-unsaturated/α-hetero) is 1. The van der Waals surface area contributed by atoms with Crippen LogP contribution in [-0.2, 0) is 14.8 Å². The third-order valence-electron chi connectivity index (χ3n) is 4.25. The maximum atomic E-state index is 13.7. The molecule has 1 heterocycles. The Hall–Kier alpha value is -2.41. The monoisotopic (exact) mass is 362 g/mol. The summed E-state index contributed by atoms with van der Waals surface area (Å²) < 4.78 is 40.9. The average molecular weight is 362 g/mol. The van der Waals surface area contributed by atoms with E-state index in [2.05, 4.69) is 0 Å². The Labute approximate surface area is 146 Å². The SMILES string of the molecule is CC(=O)C[C@H]1c2cc(F)ccc2S(=O)(=O)N1c1ccc(N(C)C)cc1. The molecule has 0 aromatic heterocycles. The number of ketones is 1. The standard InChI is InChI=1S/C18H19FN2O3S/c1-12(22)10-17-16-11-13(19)4-9-18(16)25(23,24)21(17)15-7-5-14(6-8-15)20(2)3/h4-9,11,17H,10H2,1-3H3/t17-/m0/s1. The summed E-state index contributed by atoms with van der Waals surface area (Å²) in [7, 11) is -0.0679. The van der Waals surface area contributed by atoms with E-state index in [-0.39, 0.29) is 17.1 Å². The average Bonchev–Trinajstić information content (AvgIpc) is 2.74. The molecule has 0 amide bonds. The second-order valence-corrected chi connectivity index (χ2v) is 8.10. The Morgan fingerprint density at radius 1 is 1.16 bits per heavy atom. The van der Waals surface area contributed by atoms with E-state index < -0.39 is 21.9 Å². The minimum atomic E-state index is -3.84. The molecule has 1 aliphatic heterocycles. The third kappa shape index (κ3) is 3.00. The Morgan fingerprint density at radius 3 is 2.36 bits per heavy atom. The van der Waals surface area contributed by atoms with E-state index in [0.29, 0.717) is 11.3 Å². The van der Waals surface area contributed by atoms with Crippen LogP contribution >= 0.6 is 0 Å². The second-order valence-electron chi connectivity index (χ2n) is 6.32. The van der Waals surface area contributed by atoms with Gasteiger partial charge in [0, 0.05) is 26.2 Å². The van der Waals surface area contributed by atoms with Crippen molar-refractivity contribution in [1.29, 1.82) is 0 Å². The van der Waals surface area contributed by atoms with Gasteiger partial charge in [-0.05, 0) is 55.0 Å². The van der Waals surface area contributed by atoms with Crippen LogP contribution in [0.1, 0.15) is 24.9 Å². The number of benzene rings is 2. The number of hydrogen-bond acceptors (Lipinski definition) is 4. The number of sulfonamides is 1. The molecule has 0 bridgehead atoms. The molecule has 0 N–H and O–H groups in total. The van der Waals surface area contributed by atoms with Crippen LogP contribution in [0, 0.1) is 5.82 Å². The van der Waals surface area contributed by atoms with Crippen molar-refractivity contribution in [3.8, 4) is 0 Å². The van der Waals surface area contributed by atoms with Gasteiger partial charge in [0.2, 0.25) is 0 Å². The first-order valence-corrected chi connectivity index (χ1v) is 9.26. The molecule has 0 saturated heterocycles. The lowest BCUT2D eigenvalue weighted by Crippen LogP contribution is -2.29. The topological polar surface area (TPSA) is 57.7 Å². The van der Waals surface area contributed by atoms with Gasteiger partial charge in [0.05, 0.1) is 16.6 Å². The zero-order valence-corrected chi connectivity index (χ0v) is 15.0. The number of anilines is 2. The predicted molar refractivity (Wildman–Crippen MR) is 94.9 cm³/mol. The second kappa shape index (κ2) is 6.15. The fourth-order valence-electron chi connectivity index (χ4n) is 3.10. The van der Waals surface area contributed by atoms with E-state index in [4.69, 9.17) is 0 Å². The smallest absolute Gasteiger partial charge is 0.265 e. The highest BCUT2D eigenvalue weighted by Gasteiger charge is 2.43. The van der Waals surface area contributed by atoms with Crippen LogP contribution in [0.4, 0.5) is 15.8 Å². The molecule has 2 aromatic rings. The van der Waals surface area contributed by atoms with Gasteiger partial charge in [-0.15, -0.1) is 0 Å². The lowest BCUT2D eigenvalue weighted by Gasteiger charge is -2.25. The van der Waals surface area contributed by atoms with Crippen molar-refractivity contribution in [2.24, 2.45) is 0 Å². The van der Waals surface area contributed by atoms with Crippen LogP contribution in [0.15, 0.2) is 47.4 Å². The lowest BCUT2D eigenvalue weighted by molar-refractivity contribution is -0.117. The normalized spacial score (nSPS) is 18.1. The summed E-state index contributed by atoms with van der Waals surface area (Å²) in [6.45, 7) is 1.40. The van der Waals surface area contributed by atoms with Crippen LogP contribution in [-0.4, -0.2) is 28.3 Å². The van der Waals surface area contributed by atoms with E-state index in [1.807, 2.05) is 19.0 Å². The number of hydrogen-bond donors (Lipinski definition) is 0. The van der Waals surface area contributed by atoms with Gasteiger partial charge in [-0.1, -0.05) is 0 Å². The number of halogens is 1. The van der Waals surface area contributed by atoms with Crippen LogP contribution in [0.5, 0.6) is 0 Å². The number of carbonyl (C=O) groups excluding carboxylic acids is 1. The molecule has 5 nitrogen and oxygen atoms in total. The van der Waals surface area contributed by atoms with Gasteiger partial charge in [-0.3, -0.25) is 9.10 Å². The molecule has 7 heteroatoms. The van der Waals surface area contributed by atoms with Crippen LogP contribution in [0.2, 0.25) is 0 Å². The van der Waals surface area contributed by atoms with E-state index >= 15 is 0 Å². The molecule has 1 aliphatic rings. The van der Waals surface area contributed by atoms with Gasteiger partial charge in [0.1, 0.15) is 11.6 Å². The van der Waals surface area contributed by atoms with Gasteiger partial charge >= 0.3 is 0 Å². The number of fused-ring (bicyclic) bond motifs is 1. The molecule has 25 heavy (non-hydrogen) atoms. The molecule has 0 saturated carbocycles. The van der Waals surface area contributed by atoms with Gasteiger partial charge in [0.25, 0.3) is 10.0 Å². The maximum Gasteiger partial charge on any atom is 0.265 e. The third-order valence-corrected chi connectivity index (χ3v) is 6.16. The van der Waals surface area contributed by atoms with Crippen molar-refractivity contribution >= 4 is 27.2 Å². The number of nitrogens with zero attached hydrogens (tertiary/aromatic N) is 2. The summed E-state index contributed by atoms with van der Waals surface area (Å²) in [5, 5.41) is 0. The summed E-state index contributed by atoms with van der Waals surface area (Å²) in [6.07, 6.45) is -0.00881. The summed E-state index contributed by atoms with van der Waals surface area (Å²) in [5.41, 5.74) is 1.70. The van der Waals surface area contributed by atoms with Crippen molar-refractivity contribution in [3.05, 3.63) is 53.8 Å². The molecule has 1 atom stereocenters. The maximum absolute atomic E-state index is 13.7. The molecular weight excluding hydrogens is 343 g/mol. The zero-order chi connectivity index (χ0) is 18.4. The minimum absolute atomic E-state index is 0.00881. The van der Waals surface area contributed by atoms with E-state index in [1.54, 1.807) is 24.3 Å². The summed E-state index contributed by atoms with van der Waals surface area (Å²) in [5.74, 6) is -0.681. The largest absolute Gasteiger partial charge is 0.378 e. The Morgan fingerprint density at radius 2 is 1.80 bits per heavy atom. The zero-order valence-electron chi connectivity index (χ0n) is 14.2. The first kappa shape index (κ1) is 17.4. The molecule has 2 aromatic carbocycles. The van der Waals surface area contributed by atoms with E-state index in [9.17, 15) is 17.6 Å². The summed E-state index contributed by atoms with van der Waals surface area (Å²) >= 11 is 0. The molecule has 0 spiro atoms. The molecule has 0 unspecified atom stereocenters. The summed E-state index contributed by atoms with van der Waals surface area (Å²) in [4.78, 5) is 13.7. The quantitative estimate of drug-likeness (QED) is 0.839. The lowest BCUT2D eigenvalue weighted by atomic mass is 10.0. The Balaban J connectivity index is 2.15. The highest BCUT2D eigenvalue weighted by Crippen LogP contribution is 2.44. The summed E-state index contributed by atoms with van der Waals surface area (Å²) in [6, 6.07) is 9.86. The van der Waals surface area contributed by atoms with Crippen molar-refractivity contribution in [3.63, 3.8) is 0 Å². The fraction of sp³-hybridized carbons (Fsp3) is 0.278. The fourth-order valence-corrected chi connectivity index (χ4v) is 4.96. The molecule has 0 aliphatic carbocycles. The molecular formula is C18H19FN2O3S. The highest BCUT2D eigenvalue weighted by molar-refractivity contribution is 7.93. The molecule has 0 fully saturated rings. The number of carbonyl (C=O) groups is 1. The minimum Gasteiger partial charge on any atom is -0.378 e. The van der Waals surface area contributed by atoms with Gasteiger partial charge < -0.3 is 4.90 Å². The number of rotatable bonds is 4. The van der Waals surface area contributed by atoms with Gasteiger partial charge in [0.15, 0.2) is 0 Å². The highest BCUT2D eigenvalue weighted by atomic mass is 32.2. The van der Waals surface area contributed by atoms with Gasteiger partial charge in [-0.2, -0.15) is 0 Å². The predicted octanol–water partition coefficient (Wildman–Crippen LogP) is 3.12. The Bertz CT molecular complexity index is 924. The molecule has 0 radical (unpaired) electrons. The molecule has 3 rings (SSSR count). The molecule has 132 valence electrons. The van der Waals surface area contributed by atoms with Crippen molar-refractivity contribution in [1.82, 2.24) is 0 Å². The van der Waals surface area contributed by atoms with Crippen LogP contribution in [0.25, 0.3) is 0 Å². The van der Waals surface area contributed by atoms with E-state index in [1.165, 1.54) is 23.4 Å². The van der Waals surface area contributed by atoms with E-state index in [0.717, 1.165) is 11.8 Å².